The van der Waals surface area contributed by atoms with E-state index in [4.69, 9.17) is 5.26 Å². The maximum Gasteiger partial charge on any atom is 0.315 e. The number of carboxylic acids is 1. The Morgan fingerprint density at radius 3 is 2.44 bits per heavy atom. The number of urea groups is 1. The fourth-order valence-corrected chi connectivity index (χ4v) is 3.63. The highest BCUT2D eigenvalue weighted by Crippen LogP contribution is 2.52. The zero-order valence-electron chi connectivity index (χ0n) is 14.9. The molecule has 1 aromatic rings. The summed E-state index contributed by atoms with van der Waals surface area (Å²) < 4.78 is 0. The van der Waals surface area contributed by atoms with E-state index in [2.05, 4.69) is 16.7 Å². The number of benzene rings is 1. The number of hydrogen-bond donors (Lipinski definition) is 3. The molecule has 2 amide bonds. The number of carbonyl (C=O) groups is 2. The van der Waals surface area contributed by atoms with Crippen LogP contribution >= 0.6 is 0 Å². The number of nitriles is 1. The lowest BCUT2D eigenvalue weighted by molar-refractivity contribution is -0.160. The molecule has 3 atom stereocenters. The minimum absolute atomic E-state index is 0.0939. The average Bonchev–Trinajstić information content (AvgIpc) is 2.53. The molecule has 6 nitrogen and oxygen atoms in total. The summed E-state index contributed by atoms with van der Waals surface area (Å²) in [6, 6.07) is 9.28. The lowest BCUT2D eigenvalue weighted by atomic mass is 9.53. The second kappa shape index (κ2) is 7.56. The predicted molar refractivity (Wildman–Crippen MR) is 93.6 cm³/mol. The Bertz CT molecular complexity index is 676. The van der Waals surface area contributed by atoms with E-state index in [1.165, 1.54) is 0 Å². The van der Waals surface area contributed by atoms with Crippen molar-refractivity contribution in [2.24, 2.45) is 17.3 Å². The smallest absolute Gasteiger partial charge is 0.315 e. The van der Waals surface area contributed by atoms with Gasteiger partial charge in [0.25, 0.3) is 0 Å². The highest BCUT2D eigenvalue weighted by Gasteiger charge is 2.53. The lowest BCUT2D eigenvalue weighted by Gasteiger charge is -2.52. The fourth-order valence-electron chi connectivity index (χ4n) is 3.63. The van der Waals surface area contributed by atoms with E-state index < -0.39 is 5.97 Å². The van der Waals surface area contributed by atoms with Gasteiger partial charge in [0.15, 0.2) is 0 Å². The molecule has 0 bridgehead atoms. The molecule has 1 unspecified atom stereocenters. The maximum absolute atomic E-state index is 12.1. The van der Waals surface area contributed by atoms with Crippen LogP contribution < -0.4 is 10.6 Å². The van der Waals surface area contributed by atoms with Crippen molar-refractivity contribution in [2.75, 3.05) is 0 Å². The van der Waals surface area contributed by atoms with Crippen molar-refractivity contribution in [2.45, 2.75) is 46.2 Å². The SMILES string of the molecule is CC(NC(=O)NCc1ccc(CC#N)cc1)[C@@H]1C[C@H](C(=O)O)C1(C)C. The first kappa shape index (κ1) is 18.8. The quantitative estimate of drug-likeness (QED) is 0.739. The highest BCUT2D eigenvalue weighted by atomic mass is 16.4. The maximum atomic E-state index is 12.1. The van der Waals surface area contributed by atoms with Gasteiger partial charge in [0.05, 0.1) is 18.4 Å². The molecule has 1 aliphatic carbocycles. The van der Waals surface area contributed by atoms with Crippen LogP contribution in [0, 0.1) is 28.6 Å². The standard InChI is InChI=1S/C19H25N3O3/c1-12(15-10-16(17(23)24)19(15,2)3)22-18(25)21-11-14-6-4-13(5-7-14)8-9-20/h4-7,12,15-16H,8,10-11H2,1-3H3,(H,23,24)(H2,21,22,25)/t12?,15-,16+/m0/s1. The summed E-state index contributed by atoms with van der Waals surface area (Å²) in [6.07, 6.45) is 0.963. The summed E-state index contributed by atoms with van der Waals surface area (Å²) in [5, 5.41) is 23.6. The van der Waals surface area contributed by atoms with Crippen molar-refractivity contribution < 1.29 is 14.7 Å². The van der Waals surface area contributed by atoms with Crippen molar-refractivity contribution in [3.63, 3.8) is 0 Å². The van der Waals surface area contributed by atoms with Crippen LogP contribution in [0.2, 0.25) is 0 Å². The Kier molecular flexibility index (Phi) is 5.68. The van der Waals surface area contributed by atoms with Crippen molar-refractivity contribution in [1.29, 1.82) is 5.26 Å². The van der Waals surface area contributed by atoms with E-state index in [0.29, 0.717) is 19.4 Å². The van der Waals surface area contributed by atoms with Crippen LogP contribution in [0.15, 0.2) is 24.3 Å². The molecule has 1 saturated carbocycles. The molecule has 1 fully saturated rings. The van der Waals surface area contributed by atoms with E-state index in [9.17, 15) is 14.7 Å². The zero-order valence-corrected chi connectivity index (χ0v) is 14.9. The number of aliphatic carboxylic acids is 1. The summed E-state index contributed by atoms with van der Waals surface area (Å²) in [5.41, 5.74) is 1.58. The van der Waals surface area contributed by atoms with Gasteiger partial charge in [-0.15, -0.1) is 0 Å². The fraction of sp³-hybridized carbons (Fsp3) is 0.526. The minimum atomic E-state index is -0.766. The second-order valence-electron chi connectivity index (χ2n) is 7.32. The number of hydrogen-bond acceptors (Lipinski definition) is 3. The van der Waals surface area contributed by atoms with Gasteiger partial charge in [0.1, 0.15) is 0 Å². The van der Waals surface area contributed by atoms with E-state index in [-0.39, 0.29) is 29.3 Å². The van der Waals surface area contributed by atoms with E-state index in [1.54, 1.807) is 0 Å². The van der Waals surface area contributed by atoms with Crippen LogP contribution in [0.5, 0.6) is 0 Å². The van der Waals surface area contributed by atoms with Crippen LogP contribution in [-0.4, -0.2) is 23.1 Å². The molecule has 1 aliphatic rings. The molecule has 25 heavy (non-hydrogen) atoms. The minimum Gasteiger partial charge on any atom is -0.481 e. The van der Waals surface area contributed by atoms with Gasteiger partial charge < -0.3 is 15.7 Å². The van der Waals surface area contributed by atoms with Crippen LogP contribution in [0.4, 0.5) is 4.79 Å². The number of carboxylic acid groups (broad SMARTS) is 1. The molecule has 0 saturated heterocycles. The number of nitrogens with one attached hydrogen (secondary N) is 2. The molecule has 1 aromatic carbocycles. The first-order valence-corrected chi connectivity index (χ1v) is 8.47. The average molecular weight is 343 g/mol. The summed E-state index contributed by atoms with van der Waals surface area (Å²) >= 11 is 0. The van der Waals surface area contributed by atoms with Crippen molar-refractivity contribution >= 4 is 12.0 Å². The summed E-state index contributed by atoms with van der Waals surface area (Å²) in [7, 11) is 0. The topological polar surface area (TPSA) is 102 Å². The molecule has 0 spiro atoms. The first-order chi connectivity index (χ1) is 11.8. The lowest BCUT2D eigenvalue weighted by Crippen LogP contribution is -2.57. The van der Waals surface area contributed by atoms with Gasteiger partial charge in [-0.3, -0.25) is 4.79 Å². The van der Waals surface area contributed by atoms with Crippen LogP contribution in [0.3, 0.4) is 0 Å². The number of carbonyl (C=O) groups excluding carboxylic acids is 1. The Hall–Kier alpha value is -2.55. The predicted octanol–water partition coefficient (Wildman–Crippen LogP) is 2.69. The van der Waals surface area contributed by atoms with Gasteiger partial charge in [-0.2, -0.15) is 5.26 Å². The van der Waals surface area contributed by atoms with Gasteiger partial charge >= 0.3 is 12.0 Å². The Labute approximate surface area is 148 Å². The molecule has 6 heteroatoms. The molecule has 0 radical (unpaired) electrons. The van der Waals surface area contributed by atoms with Crippen LogP contribution in [0.25, 0.3) is 0 Å². The monoisotopic (exact) mass is 343 g/mol. The van der Waals surface area contributed by atoms with Gasteiger partial charge in [0, 0.05) is 12.6 Å². The molecule has 134 valence electrons. The second-order valence-corrected chi connectivity index (χ2v) is 7.32. The molecule has 0 aromatic heterocycles. The van der Waals surface area contributed by atoms with Gasteiger partial charge in [-0.05, 0) is 35.8 Å². The van der Waals surface area contributed by atoms with E-state index in [1.807, 2.05) is 45.0 Å². The Morgan fingerprint density at radius 2 is 1.92 bits per heavy atom. The largest absolute Gasteiger partial charge is 0.481 e. The zero-order chi connectivity index (χ0) is 18.6. The summed E-state index contributed by atoms with van der Waals surface area (Å²) in [6.45, 7) is 6.20. The highest BCUT2D eigenvalue weighted by molar-refractivity contribution is 5.75. The normalized spacial score (nSPS) is 22.2. The molecule has 3 N–H and O–H groups in total. The summed E-state index contributed by atoms with van der Waals surface area (Å²) in [5.74, 6) is -0.973. The van der Waals surface area contributed by atoms with Crippen molar-refractivity contribution in [1.82, 2.24) is 10.6 Å². The third-order valence-electron chi connectivity index (χ3n) is 5.36. The van der Waals surface area contributed by atoms with E-state index in [0.717, 1.165) is 11.1 Å². The van der Waals surface area contributed by atoms with Gasteiger partial charge in [-0.25, -0.2) is 4.79 Å². The van der Waals surface area contributed by atoms with Crippen LogP contribution in [0.1, 0.15) is 38.3 Å². The van der Waals surface area contributed by atoms with Crippen LogP contribution in [-0.2, 0) is 17.8 Å². The molecular weight excluding hydrogens is 318 g/mol. The van der Waals surface area contributed by atoms with Gasteiger partial charge in [0.2, 0.25) is 0 Å². The van der Waals surface area contributed by atoms with E-state index >= 15 is 0 Å². The number of nitrogens with zero attached hydrogens (tertiary/aromatic N) is 1. The van der Waals surface area contributed by atoms with Crippen molar-refractivity contribution in [3.05, 3.63) is 35.4 Å². The molecule has 0 aliphatic heterocycles. The number of rotatable bonds is 6. The van der Waals surface area contributed by atoms with Gasteiger partial charge in [-0.1, -0.05) is 38.1 Å². The Balaban J connectivity index is 1.80. The number of amides is 2. The Morgan fingerprint density at radius 1 is 1.32 bits per heavy atom. The molecule has 0 heterocycles. The third-order valence-corrected chi connectivity index (χ3v) is 5.36. The van der Waals surface area contributed by atoms with Crippen molar-refractivity contribution in [3.8, 4) is 6.07 Å². The molecular formula is C19H25N3O3. The third kappa shape index (κ3) is 4.30. The summed E-state index contributed by atoms with van der Waals surface area (Å²) in [4.78, 5) is 23.3. The first-order valence-electron chi connectivity index (χ1n) is 8.47. The molecule has 2 rings (SSSR count).